The smallest absolute Gasteiger partial charge is 0.191 e. The molecule has 1 aromatic rings. The third kappa shape index (κ3) is 5.87. The number of ether oxygens (including phenoxy) is 1. The van der Waals surface area contributed by atoms with Crippen LogP contribution in [0.1, 0.15) is 45.4 Å². The minimum absolute atomic E-state index is 0.343. The predicted octanol–water partition coefficient (Wildman–Crippen LogP) is 3.66. The van der Waals surface area contributed by atoms with Gasteiger partial charge in [0.2, 0.25) is 0 Å². The van der Waals surface area contributed by atoms with Crippen molar-refractivity contribution < 1.29 is 4.74 Å². The van der Waals surface area contributed by atoms with Crippen molar-refractivity contribution >= 4 is 11.6 Å². The van der Waals surface area contributed by atoms with Crippen LogP contribution in [0, 0.1) is 11.3 Å². The fourth-order valence-corrected chi connectivity index (χ4v) is 4.63. The van der Waals surface area contributed by atoms with Gasteiger partial charge in [0.05, 0.1) is 0 Å². The standard InChI is InChI=1S/C23H38N4O/c1-3-24-22(26-19-23(14-16-28-2)12-7-8-13-23)25-17-20-11-15-27(18-20)21-9-5-4-6-10-21/h4-6,9-10,20H,3,7-8,11-19H2,1-2H3,(H2,24,25,26). The summed E-state index contributed by atoms with van der Waals surface area (Å²) in [7, 11) is 1.80. The summed E-state index contributed by atoms with van der Waals surface area (Å²) in [6, 6.07) is 10.8. The third-order valence-electron chi connectivity index (χ3n) is 6.38. The van der Waals surface area contributed by atoms with Crippen LogP contribution in [-0.2, 0) is 4.74 Å². The zero-order valence-electron chi connectivity index (χ0n) is 17.8. The highest BCUT2D eigenvalue weighted by atomic mass is 16.5. The summed E-state index contributed by atoms with van der Waals surface area (Å²) in [5, 5.41) is 7.05. The number of anilines is 1. The molecule has 1 unspecified atom stereocenters. The molecule has 2 N–H and O–H groups in total. The summed E-state index contributed by atoms with van der Waals surface area (Å²) in [4.78, 5) is 7.48. The van der Waals surface area contributed by atoms with Gasteiger partial charge in [-0.1, -0.05) is 31.0 Å². The number of hydrogen-bond donors (Lipinski definition) is 2. The Morgan fingerprint density at radius 1 is 1.21 bits per heavy atom. The fourth-order valence-electron chi connectivity index (χ4n) is 4.63. The maximum absolute atomic E-state index is 5.36. The molecule has 3 rings (SSSR count). The van der Waals surface area contributed by atoms with E-state index in [-0.39, 0.29) is 0 Å². The van der Waals surface area contributed by atoms with Gasteiger partial charge in [0.1, 0.15) is 0 Å². The molecule has 1 saturated heterocycles. The monoisotopic (exact) mass is 386 g/mol. The number of hydrogen-bond acceptors (Lipinski definition) is 3. The second kappa shape index (κ2) is 10.7. The van der Waals surface area contributed by atoms with Crippen molar-refractivity contribution in [1.29, 1.82) is 0 Å². The Balaban J connectivity index is 1.51. The van der Waals surface area contributed by atoms with Crippen molar-refractivity contribution in [2.75, 3.05) is 51.3 Å². The number of para-hydroxylation sites is 1. The Morgan fingerprint density at radius 2 is 2.00 bits per heavy atom. The number of methoxy groups -OCH3 is 1. The van der Waals surface area contributed by atoms with E-state index in [4.69, 9.17) is 9.73 Å². The molecule has 1 heterocycles. The maximum atomic E-state index is 5.36. The van der Waals surface area contributed by atoms with E-state index in [1.807, 2.05) is 0 Å². The molecule has 5 nitrogen and oxygen atoms in total. The summed E-state index contributed by atoms with van der Waals surface area (Å²) < 4.78 is 5.36. The highest BCUT2D eigenvalue weighted by Crippen LogP contribution is 2.41. The molecule has 1 aromatic carbocycles. The molecular formula is C23H38N4O. The van der Waals surface area contributed by atoms with Crippen molar-refractivity contribution in [3.63, 3.8) is 0 Å². The molecule has 5 heteroatoms. The minimum Gasteiger partial charge on any atom is -0.385 e. The molecule has 1 aliphatic heterocycles. The van der Waals surface area contributed by atoms with Gasteiger partial charge < -0.3 is 20.3 Å². The summed E-state index contributed by atoms with van der Waals surface area (Å²) in [6.45, 7) is 8.04. The third-order valence-corrected chi connectivity index (χ3v) is 6.38. The summed E-state index contributed by atoms with van der Waals surface area (Å²) in [5.41, 5.74) is 1.68. The highest BCUT2D eigenvalue weighted by molar-refractivity contribution is 5.79. The van der Waals surface area contributed by atoms with Crippen LogP contribution in [0.3, 0.4) is 0 Å². The van der Waals surface area contributed by atoms with E-state index in [0.717, 1.165) is 51.7 Å². The van der Waals surface area contributed by atoms with Crippen molar-refractivity contribution in [3.05, 3.63) is 30.3 Å². The number of benzene rings is 1. The molecule has 0 radical (unpaired) electrons. The van der Waals surface area contributed by atoms with Crippen molar-refractivity contribution in [3.8, 4) is 0 Å². The van der Waals surface area contributed by atoms with Gasteiger partial charge in [0.15, 0.2) is 5.96 Å². The Hall–Kier alpha value is -1.75. The molecule has 0 bridgehead atoms. The lowest BCUT2D eigenvalue weighted by molar-refractivity contribution is 0.141. The van der Waals surface area contributed by atoms with Crippen molar-refractivity contribution in [2.45, 2.75) is 45.4 Å². The van der Waals surface area contributed by atoms with E-state index < -0.39 is 0 Å². The number of rotatable bonds is 9. The van der Waals surface area contributed by atoms with Gasteiger partial charge in [-0.05, 0) is 56.1 Å². The van der Waals surface area contributed by atoms with Crippen LogP contribution >= 0.6 is 0 Å². The van der Waals surface area contributed by atoms with Crippen LogP contribution in [-0.4, -0.2) is 52.4 Å². The molecule has 1 atom stereocenters. The van der Waals surface area contributed by atoms with Crippen molar-refractivity contribution in [2.24, 2.45) is 16.3 Å². The topological polar surface area (TPSA) is 48.9 Å². The average Bonchev–Trinajstić information content (AvgIpc) is 3.40. The van der Waals surface area contributed by atoms with E-state index >= 15 is 0 Å². The first-order chi connectivity index (χ1) is 13.7. The van der Waals surface area contributed by atoms with Crippen LogP contribution in [0.25, 0.3) is 0 Å². The van der Waals surface area contributed by atoms with Gasteiger partial charge in [0, 0.05) is 52.1 Å². The zero-order chi connectivity index (χ0) is 19.7. The van der Waals surface area contributed by atoms with E-state index in [1.165, 1.54) is 37.8 Å². The Bertz CT molecular complexity index is 598. The largest absolute Gasteiger partial charge is 0.385 e. The second-order valence-electron chi connectivity index (χ2n) is 8.46. The molecule has 0 spiro atoms. The molecule has 2 fully saturated rings. The fraction of sp³-hybridized carbons (Fsp3) is 0.696. The molecule has 156 valence electrons. The van der Waals surface area contributed by atoms with Crippen LogP contribution in [0.15, 0.2) is 35.3 Å². The van der Waals surface area contributed by atoms with Gasteiger partial charge in [0.25, 0.3) is 0 Å². The number of nitrogens with zero attached hydrogens (tertiary/aromatic N) is 2. The number of guanidine groups is 1. The normalized spacial score (nSPS) is 21.9. The molecule has 1 saturated carbocycles. The summed E-state index contributed by atoms with van der Waals surface area (Å²) >= 11 is 0. The molecule has 1 aliphatic carbocycles. The predicted molar refractivity (Wildman–Crippen MR) is 118 cm³/mol. The van der Waals surface area contributed by atoms with Gasteiger partial charge in [-0.15, -0.1) is 0 Å². The van der Waals surface area contributed by atoms with Crippen LogP contribution in [0.4, 0.5) is 5.69 Å². The summed E-state index contributed by atoms with van der Waals surface area (Å²) in [6.07, 6.45) is 7.60. The lowest BCUT2D eigenvalue weighted by Crippen LogP contribution is -2.41. The van der Waals surface area contributed by atoms with Gasteiger partial charge in [-0.25, -0.2) is 0 Å². The van der Waals surface area contributed by atoms with Gasteiger partial charge in [-0.3, -0.25) is 4.99 Å². The Kier molecular flexibility index (Phi) is 8.01. The maximum Gasteiger partial charge on any atom is 0.191 e. The lowest BCUT2D eigenvalue weighted by atomic mass is 9.83. The van der Waals surface area contributed by atoms with Gasteiger partial charge >= 0.3 is 0 Å². The van der Waals surface area contributed by atoms with Crippen LogP contribution in [0.2, 0.25) is 0 Å². The van der Waals surface area contributed by atoms with E-state index in [0.29, 0.717) is 11.3 Å². The molecule has 28 heavy (non-hydrogen) atoms. The van der Waals surface area contributed by atoms with E-state index in [1.54, 1.807) is 7.11 Å². The minimum atomic E-state index is 0.343. The second-order valence-corrected chi connectivity index (χ2v) is 8.46. The van der Waals surface area contributed by atoms with Crippen molar-refractivity contribution in [1.82, 2.24) is 10.6 Å². The van der Waals surface area contributed by atoms with E-state index in [2.05, 4.69) is 52.8 Å². The summed E-state index contributed by atoms with van der Waals surface area (Å²) in [5.74, 6) is 1.64. The molecule has 0 aromatic heterocycles. The van der Waals surface area contributed by atoms with Crippen LogP contribution < -0.4 is 15.5 Å². The molecule has 2 aliphatic rings. The zero-order valence-corrected chi connectivity index (χ0v) is 17.8. The first-order valence-electron chi connectivity index (χ1n) is 11.1. The van der Waals surface area contributed by atoms with E-state index in [9.17, 15) is 0 Å². The quantitative estimate of drug-likeness (QED) is 0.502. The average molecular weight is 387 g/mol. The first-order valence-corrected chi connectivity index (χ1v) is 11.1. The molecular weight excluding hydrogens is 348 g/mol. The first kappa shape index (κ1) is 21.0. The number of nitrogens with one attached hydrogen (secondary N) is 2. The highest BCUT2D eigenvalue weighted by Gasteiger charge is 2.33. The molecule has 0 amide bonds. The Labute approximate surface area is 170 Å². The van der Waals surface area contributed by atoms with Gasteiger partial charge in [-0.2, -0.15) is 0 Å². The lowest BCUT2D eigenvalue weighted by Gasteiger charge is -2.27. The SMILES string of the molecule is CCNC(=NCC1(CCOC)CCCC1)NCC1CCN(c2ccccc2)C1. The Morgan fingerprint density at radius 3 is 2.71 bits per heavy atom. The number of aliphatic imine (C=N–C) groups is 1. The van der Waals surface area contributed by atoms with Crippen LogP contribution in [0.5, 0.6) is 0 Å².